The number of piperazine rings is 1. The third-order valence-corrected chi connectivity index (χ3v) is 5.16. The number of amides is 2. The van der Waals surface area contributed by atoms with Crippen LogP contribution in [-0.2, 0) is 11.3 Å². The lowest BCUT2D eigenvalue weighted by atomic mass is 10.1. The Labute approximate surface area is 162 Å². The molecule has 2 aromatic rings. The molecule has 0 aliphatic carbocycles. The Kier molecular flexibility index (Phi) is 6.31. The second-order valence-electron chi connectivity index (χ2n) is 6.32. The molecule has 0 unspecified atom stereocenters. The summed E-state index contributed by atoms with van der Waals surface area (Å²) in [5.74, 6) is 0.175. The van der Waals surface area contributed by atoms with Crippen molar-refractivity contribution < 1.29 is 19.1 Å². The summed E-state index contributed by atoms with van der Waals surface area (Å²) in [6.07, 6.45) is 0. The van der Waals surface area contributed by atoms with Gasteiger partial charge in [-0.25, -0.2) is 0 Å². The van der Waals surface area contributed by atoms with E-state index < -0.39 is 5.91 Å². The molecule has 1 aliphatic rings. The number of hydrogen-bond donors (Lipinski definition) is 1. The number of primary amides is 1. The monoisotopic (exact) mass is 389 g/mol. The zero-order chi connectivity index (χ0) is 19.2. The predicted octanol–water partition coefficient (Wildman–Crippen LogP) is 1.58. The number of rotatable bonds is 7. The summed E-state index contributed by atoms with van der Waals surface area (Å²) >= 11 is 1.70. The molecule has 3 rings (SSSR count). The molecule has 2 amide bonds. The van der Waals surface area contributed by atoms with E-state index in [1.54, 1.807) is 29.5 Å². The maximum Gasteiger partial charge on any atom is 0.255 e. The molecule has 7 nitrogen and oxygen atoms in total. The summed E-state index contributed by atoms with van der Waals surface area (Å²) in [7, 11) is 1.49. The van der Waals surface area contributed by atoms with Crippen molar-refractivity contribution in [3.8, 4) is 11.5 Å². The van der Waals surface area contributed by atoms with Gasteiger partial charge in [-0.15, -0.1) is 0 Å². The molecule has 0 radical (unpaired) electrons. The number of carbonyl (C=O) groups is 2. The topological polar surface area (TPSA) is 85.1 Å². The molecule has 0 saturated carbocycles. The van der Waals surface area contributed by atoms with Crippen molar-refractivity contribution in [3.05, 3.63) is 46.2 Å². The first-order valence-electron chi connectivity index (χ1n) is 8.68. The minimum atomic E-state index is -0.572. The van der Waals surface area contributed by atoms with Gasteiger partial charge in [0.05, 0.1) is 7.11 Å². The summed E-state index contributed by atoms with van der Waals surface area (Å²) in [5, 5.41) is 4.24. The Morgan fingerprint density at radius 3 is 2.56 bits per heavy atom. The van der Waals surface area contributed by atoms with Gasteiger partial charge in [0.1, 0.15) is 0 Å². The lowest BCUT2D eigenvalue weighted by molar-refractivity contribution is -0.119. The number of carbonyl (C=O) groups excluding carboxylic acids is 2. The van der Waals surface area contributed by atoms with Crippen LogP contribution in [0.15, 0.2) is 35.0 Å². The Morgan fingerprint density at radius 1 is 1.15 bits per heavy atom. The van der Waals surface area contributed by atoms with Crippen molar-refractivity contribution in [2.45, 2.75) is 6.54 Å². The van der Waals surface area contributed by atoms with Crippen LogP contribution in [0.25, 0.3) is 0 Å². The highest BCUT2D eigenvalue weighted by Gasteiger charge is 2.23. The molecule has 2 heterocycles. The van der Waals surface area contributed by atoms with E-state index in [4.69, 9.17) is 15.2 Å². The number of nitrogens with zero attached hydrogens (tertiary/aromatic N) is 2. The maximum atomic E-state index is 12.8. The van der Waals surface area contributed by atoms with E-state index in [1.165, 1.54) is 12.7 Å². The van der Waals surface area contributed by atoms with Crippen LogP contribution < -0.4 is 15.2 Å². The second-order valence-corrected chi connectivity index (χ2v) is 7.10. The molecule has 1 aromatic carbocycles. The van der Waals surface area contributed by atoms with Gasteiger partial charge in [-0.2, -0.15) is 11.3 Å². The lowest BCUT2D eigenvalue weighted by Crippen LogP contribution is -2.48. The van der Waals surface area contributed by atoms with Crippen molar-refractivity contribution in [1.82, 2.24) is 9.80 Å². The van der Waals surface area contributed by atoms with E-state index >= 15 is 0 Å². The third-order valence-electron chi connectivity index (χ3n) is 4.43. The van der Waals surface area contributed by atoms with E-state index in [2.05, 4.69) is 21.7 Å². The minimum absolute atomic E-state index is 0.0371. The van der Waals surface area contributed by atoms with E-state index in [-0.39, 0.29) is 12.5 Å². The van der Waals surface area contributed by atoms with Crippen LogP contribution in [0, 0.1) is 0 Å². The second kappa shape index (κ2) is 8.88. The van der Waals surface area contributed by atoms with E-state index in [1.807, 2.05) is 4.90 Å². The van der Waals surface area contributed by atoms with Crippen molar-refractivity contribution >= 4 is 23.2 Å². The molecule has 0 bridgehead atoms. The first-order valence-corrected chi connectivity index (χ1v) is 9.63. The number of benzene rings is 1. The molecule has 27 heavy (non-hydrogen) atoms. The summed E-state index contributed by atoms with van der Waals surface area (Å²) < 4.78 is 10.6. The van der Waals surface area contributed by atoms with Crippen molar-refractivity contribution in [1.29, 1.82) is 0 Å². The van der Waals surface area contributed by atoms with Gasteiger partial charge in [0.2, 0.25) is 0 Å². The largest absolute Gasteiger partial charge is 0.493 e. The van der Waals surface area contributed by atoms with Gasteiger partial charge >= 0.3 is 0 Å². The number of hydrogen-bond acceptors (Lipinski definition) is 6. The number of thiophene rings is 1. The summed E-state index contributed by atoms with van der Waals surface area (Å²) in [4.78, 5) is 27.9. The molecule has 1 aromatic heterocycles. The van der Waals surface area contributed by atoms with Crippen LogP contribution in [-0.4, -0.2) is 61.5 Å². The Morgan fingerprint density at radius 2 is 1.93 bits per heavy atom. The average Bonchev–Trinajstić information content (AvgIpc) is 3.19. The standard InChI is InChI=1S/C19H23N3O4S/c1-25-17-10-15(2-3-16(17)26-12-18(20)23)19(24)22-7-5-21(6-8-22)11-14-4-9-27-13-14/h2-4,9-10,13H,5-8,11-12H2,1H3,(H2,20,23). The summed E-state index contributed by atoms with van der Waals surface area (Å²) in [6, 6.07) is 7.08. The van der Waals surface area contributed by atoms with Crippen molar-refractivity contribution in [3.63, 3.8) is 0 Å². The third kappa shape index (κ3) is 4.99. The highest BCUT2D eigenvalue weighted by Crippen LogP contribution is 2.28. The molecule has 0 spiro atoms. The molecule has 1 aliphatic heterocycles. The van der Waals surface area contributed by atoms with Gasteiger partial charge in [0, 0.05) is 38.3 Å². The van der Waals surface area contributed by atoms with E-state index in [0.717, 1.165) is 19.6 Å². The van der Waals surface area contributed by atoms with Crippen LogP contribution in [0.3, 0.4) is 0 Å². The fraction of sp³-hybridized carbons (Fsp3) is 0.368. The summed E-state index contributed by atoms with van der Waals surface area (Å²) in [6.45, 7) is 3.74. The first kappa shape index (κ1) is 19.2. The minimum Gasteiger partial charge on any atom is -0.493 e. The van der Waals surface area contributed by atoms with Crippen LogP contribution in [0.1, 0.15) is 15.9 Å². The SMILES string of the molecule is COc1cc(C(=O)N2CCN(Cc3ccsc3)CC2)ccc1OCC(N)=O. The van der Waals surface area contributed by atoms with E-state index in [9.17, 15) is 9.59 Å². The van der Waals surface area contributed by atoms with Crippen molar-refractivity contribution in [2.75, 3.05) is 39.9 Å². The maximum absolute atomic E-state index is 12.8. The number of nitrogens with two attached hydrogens (primary N) is 1. The molecule has 0 atom stereocenters. The zero-order valence-corrected chi connectivity index (χ0v) is 16.0. The van der Waals surface area contributed by atoms with Gasteiger partial charge in [-0.05, 0) is 40.6 Å². The smallest absolute Gasteiger partial charge is 0.255 e. The molecule has 1 fully saturated rings. The normalized spacial score (nSPS) is 14.8. The van der Waals surface area contributed by atoms with Gasteiger partial charge in [0.25, 0.3) is 11.8 Å². The highest BCUT2D eigenvalue weighted by molar-refractivity contribution is 7.07. The Hall–Kier alpha value is -2.58. The Balaban J connectivity index is 1.59. The van der Waals surface area contributed by atoms with Gasteiger partial charge in [-0.3, -0.25) is 14.5 Å². The van der Waals surface area contributed by atoms with Gasteiger partial charge in [-0.1, -0.05) is 0 Å². The summed E-state index contributed by atoms with van der Waals surface area (Å²) in [5.41, 5.74) is 6.94. The fourth-order valence-electron chi connectivity index (χ4n) is 3.00. The average molecular weight is 389 g/mol. The molecular weight excluding hydrogens is 366 g/mol. The molecule has 144 valence electrons. The van der Waals surface area contributed by atoms with Crippen LogP contribution in [0.5, 0.6) is 11.5 Å². The molecule has 8 heteroatoms. The number of ether oxygens (including phenoxy) is 2. The van der Waals surface area contributed by atoms with Crippen LogP contribution in [0.2, 0.25) is 0 Å². The van der Waals surface area contributed by atoms with Crippen LogP contribution >= 0.6 is 11.3 Å². The van der Waals surface area contributed by atoms with Crippen molar-refractivity contribution in [2.24, 2.45) is 5.73 Å². The highest BCUT2D eigenvalue weighted by atomic mass is 32.1. The fourth-order valence-corrected chi connectivity index (χ4v) is 3.66. The molecular formula is C19H23N3O4S. The van der Waals surface area contributed by atoms with Gasteiger partial charge in [0.15, 0.2) is 18.1 Å². The lowest BCUT2D eigenvalue weighted by Gasteiger charge is -2.34. The molecule has 2 N–H and O–H groups in total. The van der Waals surface area contributed by atoms with Crippen LogP contribution in [0.4, 0.5) is 0 Å². The first-order chi connectivity index (χ1) is 13.1. The zero-order valence-electron chi connectivity index (χ0n) is 15.2. The predicted molar refractivity (Wildman–Crippen MR) is 103 cm³/mol. The number of methoxy groups -OCH3 is 1. The quantitative estimate of drug-likeness (QED) is 0.777. The van der Waals surface area contributed by atoms with Gasteiger partial charge < -0.3 is 20.1 Å². The molecule has 1 saturated heterocycles. The Bertz CT molecular complexity index is 786. The van der Waals surface area contributed by atoms with E-state index in [0.29, 0.717) is 30.2 Å².